The van der Waals surface area contributed by atoms with Crippen LogP contribution < -0.4 is 0 Å². The van der Waals surface area contributed by atoms with E-state index < -0.39 is 5.97 Å². The summed E-state index contributed by atoms with van der Waals surface area (Å²) in [6.07, 6.45) is 3.62. The molecule has 0 radical (unpaired) electrons. The maximum Gasteiger partial charge on any atom is 0.335 e. The van der Waals surface area contributed by atoms with E-state index >= 15 is 0 Å². The Kier molecular flexibility index (Phi) is 6.16. The standard InChI is InChI=1S/C14H20ClNO2/c1-3-4-5-8-16(2)10-12-7-6-11(14(17)18)9-13(12)15/h6-7,9H,3-5,8,10H2,1-2H3,(H,17,18). The van der Waals surface area contributed by atoms with E-state index in [-0.39, 0.29) is 5.56 Å². The van der Waals surface area contributed by atoms with Gasteiger partial charge in [0.05, 0.1) is 5.56 Å². The van der Waals surface area contributed by atoms with Crippen LogP contribution in [0.2, 0.25) is 5.02 Å². The van der Waals surface area contributed by atoms with E-state index in [4.69, 9.17) is 16.7 Å². The zero-order valence-corrected chi connectivity index (χ0v) is 11.7. The zero-order valence-electron chi connectivity index (χ0n) is 10.9. The van der Waals surface area contributed by atoms with E-state index in [1.807, 2.05) is 0 Å². The first kappa shape index (κ1) is 15.0. The van der Waals surface area contributed by atoms with Gasteiger partial charge in [-0.1, -0.05) is 37.4 Å². The Morgan fingerprint density at radius 1 is 1.39 bits per heavy atom. The molecule has 0 atom stereocenters. The monoisotopic (exact) mass is 269 g/mol. The summed E-state index contributed by atoms with van der Waals surface area (Å²) in [6, 6.07) is 4.91. The maximum atomic E-state index is 10.8. The van der Waals surface area contributed by atoms with Crippen LogP contribution in [0.15, 0.2) is 18.2 Å². The molecular weight excluding hydrogens is 250 g/mol. The Bertz CT molecular complexity index is 407. The van der Waals surface area contributed by atoms with Crippen LogP contribution in [0.5, 0.6) is 0 Å². The molecule has 0 amide bonds. The number of rotatable bonds is 7. The van der Waals surface area contributed by atoms with Crippen molar-refractivity contribution in [2.45, 2.75) is 32.7 Å². The number of carbonyl (C=O) groups is 1. The number of hydrogen-bond acceptors (Lipinski definition) is 2. The number of carboxylic acid groups (broad SMARTS) is 1. The fraction of sp³-hybridized carbons (Fsp3) is 0.500. The summed E-state index contributed by atoms with van der Waals surface area (Å²) in [5.74, 6) is -0.945. The molecule has 0 fully saturated rings. The molecule has 100 valence electrons. The lowest BCUT2D eigenvalue weighted by Gasteiger charge is -2.17. The minimum atomic E-state index is -0.945. The molecule has 1 rings (SSSR count). The molecule has 0 aromatic heterocycles. The molecule has 0 heterocycles. The van der Waals surface area contributed by atoms with Gasteiger partial charge in [-0.2, -0.15) is 0 Å². The smallest absolute Gasteiger partial charge is 0.335 e. The molecule has 0 unspecified atom stereocenters. The number of nitrogens with zero attached hydrogens (tertiary/aromatic N) is 1. The van der Waals surface area contributed by atoms with Gasteiger partial charge in [-0.05, 0) is 37.7 Å². The van der Waals surface area contributed by atoms with E-state index in [0.717, 1.165) is 18.7 Å². The average molecular weight is 270 g/mol. The molecule has 0 aliphatic carbocycles. The van der Waals surface area contributed by atoms with Gasteiger partial charge >= 0.3 is 5.97 Å². The molecule has 0 spiro atoms. The maximum absolute atomic E-state index is 10.8. The van der Waals surface area contributed by atoms with Gasteiger partial charge in [0.1, 0.15) is 0 Å². The molecule has 1 aromatic carbocycles. The highest BCUT2D eigenvalue weighted by atomic mass is 35.5. The van der Waals surface area contributed by atoms with Crippen LogP contribution >= 0.6 is 11.6 Å². The highest BCUT2D eigenvalue weighted by Crippen LogP contribution is 2.19. The van der Waals surface area contributed by atoms with E-state index in [2.05, 4.69) is 18.9 Å². The first-order valence-corrected chi connectivity index (χ1v) is 6.62. The van der Waals surface area contributed by atoms with Gasteiger partial charge in [0.2, 0.25) is 0 Å². The topological polar surface area (TPSA) is 40.5 Å². The summed E-state index contributed by atoms with van der Waals surface area (Å²) < 4.78 is 0. The Labute approximate surface area is 113 Å². The van der Waals surface area contributed by atoms with Gasteiger partial charge in [-0.15, -0.1) is 0 Å². The molecule has 1 aromatic rings. The summed E-state index contributed by atoms with van der Waals surface area (Å²) in [7, 11) is 2.05. The first-order valence-electron chi connectivity index (χ1n) is 6.25. The summed E-state index contributed by atoms with van der Waals surface area (Å²) in [5.41, 5.74) is 1.21. The molecule has 0 bridgehead atoms. The van der Waals surface area contributed by atoms with Crippen molar-refractivity contribution in [2.24, 2.45) is 0 Å². The highest BCUT2D eigenvalue weighted by molar-refractivity contribution is 6.31. The predicted octanol–water partition coefficient (Wildman–Crippen LogP) is 3.66. The molecule has 0 saturated heterocycles. The number of aromatic carboxylic acids is 1. The van der Waals surface area contributed by atoms with Gasteiger partial charge in [0, 0.05) is 11.6 Å². The van der Waals surface area contributed by atoms with E-state index in [9.17, 15) is 4.79 Å². The normalized spacial score (nSPS) is 10.9. The third-order valence-corrected chi connectivity index (χ3v) is 3.24. The van der Waals surface area contributed by atoms with Crippen molar-refractivity contribution in [3.8, 4) is 0 Å². The minimum Gasteiger partial charge on any atom is -0.478 e. The number of carboxylic acids is 1. The summed E-state index contributed by atoms with van der Waals surface area (Å²) in [4.78, 5) is 13.0. The van der Waals surface area contributed by atoms with Crippen LogP contribution in [0.4, 0.5) is 0 Å². The minimum absolute atomic E-state index is 0.234. The fourth-order valence-corrected chi connectivity index (χ4v) is 2.05. The molecule has 4 heteroatoms. The van der Waals surface area contributed by atoms with Gasteiger partial charge in [0.25, 0.3) is 0 Å². The second-order valence-corrected chi connectivity index (χ2v) is 4.96. The lowest BCUT2D eigenvalue weighted by Crippen LogP contribution is -2.19. The van der Waals surface area contributed by atoms with Crippen molar-refractivity contribution in [2.75, 3.05) is 13.6 Å². The third-order valence-electron chi connectivity index (χ3n) is 2.88. The van der Waals surface area contributed by atoms with Crippen molar-refractivity contribution in [3.05, 3.63) is 34.3 Å². The van der Waals surface area contributed by atoms with E-state index in [0.29, 0.717) is 5.02 Å². The Balaban J connectivity index is 2.59. The summed E-state index contributed by atoms with van der Waals surface area (Å²) in [6.45, 7) is 3.97. The van der Waals surface area contributed by atoms with Crippen molar-refractivity contribution >= 4 is 17.6 Å². The fourth-order valence-electron chi connectivity index (χ4n) is 1.81. The van der Waals surface area contributed by atoms with E-state index in [1.165, 1.54) is 25.3 Å². The molecule has 0 aliphatic rings. The molecule has 0 aliphatic heterocycles. The Morgan fingerprint density at radius 2 is 2.11 bits per heavy atom. The molecule has 3 nitrogen and oxygen atoms in total. The van der Waals surface area contributed by atoms with Crippen LogP contribution in [0, 0.1) is 0 Å². The highest BCUT2D eigenvalue weighted by Gasteiger charge is 2.08. The Hall–Kier alpha value is -1.06. The number of benzene rings is 1. The summed E-state index contributed by atoms with van der Waals surface area (Å²) in [5, 5.41) is 9.38. The van der Waals surface area contributed by atoms with Gasteiger partial charge in [0.15, 0.2) is 0 Å². The van der Waals surface area contributed by atoms with Crippen molar-refractivity contribution < 1.29 is 9.90 Å². The van der Waals surface area contributed by atoms with Gasteiger partial charge in [-0.25, -0.2) is 4.79 Å². The number of halogens is 1. The van der Waals surface area contributed by atoms with Crippen molar-refractivity contribution in [1.29, 1.82) is 0 Å². The summed E-state index contributed by atoms with van der Waals surface area (Å²) >= 11 is 6.09. The second-order valence-electron chi connectivity index (χ2n) is 4.56. The molecule has 1 N–H and O–H groups in total. The lowest BCUT2D eigenvalue weighted by atomic mass is 10.1. The van der Waals surface area contributed by atoms with Crippen LogP contribution in [0.3, 0.4) is 0 Å². The zero-order chi connectivity index (χ0) is 13.5. The van der Waals surface area contributed by atoms with Gasteiger partial charge < -0.3 is 10.0 Å². The van der Waals surface area contributed by atoms with Gasteiger partial charge in [-0.3, -0.25) is 0 Å². The number of unbranched alkanes of at least 4 members (excludes halogenated alkanes) is 2. The largest absolute Gasteiger partial charge is 0.478 e. The van der Waals surface area contributed by atoms with Crippen LogP contribution in [0.25, 0.3) is 0 Å². The lowest BCUT2D eigenvalue weighted by molar-refractivity contribution is 0.0697. The average Bonchev–Trinajstić information content (AvgIpc) is 2.32. The Morgan fingerprint density at radius 3 is 2.67 bits per heavy atom. The van der Waals surface area contributed by atoms with Crippen LogP contribution in [0.1, 0.15) is 42.1 Å². The predicted molar refractivity (Wildman–Crippen MR) is 74.3 cm³/mol. The molecular formula is C14H20ClNO2. The molecule has 0 saturated carbocycles. The third kappa shape index (κ3) is 4.67. The van der Waals surface area contributed by atoms with Crippen molar-refractivity contribution in [3.63, 3.8) is 0 Å². The van der Waals surface area contributed by atoms with Crippen LogP contribution in [-0.2, 0) is 6.54 Å². The number of hydrogen-bond donors (Lipinski definition) is 1. The van der Waals surface area contributed by atoms with Crippen LogP contribution in [-0.4, -0.2) is 29.6 Å². The van der Waals surface area contributed by atoms with E-state index in [1.54, 1.807) is 12.1 Å². The molecule has 18 heavy (non-hydrogen) atoms. The van der Waals surface area contributed by atoms with Crippen molar-refractivity contribution in [1.82, 2.24) is 4.90 Å². The second kappa shape index (κ2) is 7.39. The first-order chi connectivity index (χ1) is 8.54. The quantitative estimate of drug-likeness (QED) is 0.768. The SMILES string of the molecule is CCCCCN(C)Cc1ccc(C(=O)O)cc1Cl.